The van der Waals surface area contributed by atoms with Gasteiger partial charge in [0.05, 0.1) is 29.9 Å². The monoisotopic (exact) mass is 405 g/mol. The molecule has 1 aromatic heterocycles. The van der Waals surface area contributed by atoms with Crippen LogP contribution in [0.15, 0.2) is 35.4 Å². The summed E-state index contributed by atoms with van der Waals surface area (Å²) in [6.45, 7) is 2.03. The van der Waals surface area contributed by atoms with Crippen molar-refractivity contribution < 1.29 is 22.3 Å². The quantitative estimate of drug-likeness (QED) is 0.795. The molecule has 0 bridgehead atoms. The third-order valence-corrected chi connectivity index (χ3v) is 6.69. The Balaban J connectivity index is 1.81. The lowest BCUT2D eigenvalue weighted by Crippen LogP contribution is -2.47. The van der Waals surface area contributed by atoms with Gasteiger partial charge in [-0.15, -0.1) is 0 Å². The Bertz CT molecular complexity index is 1070. The number of carbonyl (C=O) groups is 1. The van der Waals surface area contributed by atoms with Gasteiger partial charge < -0.3 is 14.6 Å². The number of aryl methyl sites for hydroxylation is 2. The number of nitriles is 1. The van der Waals surface area contributed by atoms with Crippen molar-refractivity contribution in [3.05, 3.63) is 47.5 Å². The van der Waals surface area contributed by atoms with Crippen molar-refractivity contribution in [2.75, 3.05) is 24.3 Å². The molecule has 1 amide bonds. The maximum atomic E-state index is 13.4. The molecule has 0 radical (unpaired) electrons. The number of benzene rings is 1. The summed E-state index contributed by atoms with van der Waals surface area (Å²) in [5.41, 5.74) is 0.254. The molecule has 7 nitrogen and oxygen atoms in total. The van der Waals surface area contributed by atoms with Crippen LogP contribution < -0.4 is 5.32 Å². The predicted molar refractivity (Wildman–Crippen MR) is 100 cm³/mol. The lowest BCUT2D eigenvalue weighted by atomic mass is 9.85. The van der Waals surface area contributed by atoms with Crippen molar-refractivity contribution in [1.82, 2.24) is 4.57 Å². The molecule has 1 saturated heterocycles. The zero-order valence-electron chi connectivity index (χ0n) is 15.5. The van der Waals surface area contributed by atoms with Gasteiger partial charge >= 0.3 is 0 Å². The van der Waals surface area contributed by atoms with E-state index in [2.05, 4.69) is 5.32 Å². The molecule has 0 aliphatic carbocycles. The smallest absolute Gasteiger partial charge is 0.272 e. The fourth-order valence-corrected chi connectivity index (χ4v) is 4.98. The molecule has 2 heterocycles. The Morgan fingerprint density at radius 2 is 2.11 bits per heavy atom. The summed E-state index contributed by atoms with van der Waals surface area (Å²) in [7, 11) is -2.13. The number of rotatable bonds is 6. The molecule has 0 spiro atoms. The van der Waals surface area contributed by atoms with Gasteiger partial charge in [0.2, 0.25) is 0 Å². The van der Waals surface area contributed by atoms with Gasteiger partial charge in [0.15, 0.2) is 9.84 Å². The van der Waals surface area contributed by atoms with E-state index in [9.17, 15) is 17.6 Å². The van der Waals surface area contributed by atoms with Crippen LogP contribution in [0.25, 0.3) is 0 Å². The fraction of sp³-hybridized carbons (Fsp3) is 0.368. The second-order valence-electron chi connectivity index (χ2n) is 7.18. The molecule has 0 unspecified atom stereocenters. The Kier molecular flexibility index (Phi) is 5.28. The van der Waals surface area contributed by atoms with Crippen LogP contribution in [0.4, 0.5) is 10.1 Å². The van der Waals surface area contributed by atoms with Crippen LogP contribution in [0.2, 0.25) is 0 Å². The molecule has 1 aliphatic rings. The topological polar surface area (TPSA) is 101 Å². The van der Waals surface area contributed by atoms with Gasteiger partial charge in [-0.3, -0.25) is 4.79 Å². The third kappa shape index (κ3) is 3.93. The summed E-state index contributed by atoms with van der Waals surface area (Å²) < 4.78 is 45.5. The van der Waals surface area contributed by atoms with Crippen LogP contribution in [0, 0.1) is 29.5 Å². The molecule has 0 atom stereocenters. The normalized spacial score (nSPS) is 15.5. The third-order valence-electron chi connectivity index (χ3n) is 4.75. The highest BCUT2D eigenvalue weighted by Crippen LogP contribution is 2.35. The summed E-state index contributed by atoms with van der Waals surface area (Å²) >= 11 is 0. The zero-order valence-corrected chi connectivity index (χ0v) is 16.3. The molecule has 2 aromatic rings. The minimum absolute atomic E-state index is 0.0136. The molecule has 1 aromatic carbocycles. The van der Waals surface area contributed by atoms with Crippen molar-refractivity contribution in [2.45, 2.75) is 18.2 Å². The van der Waals surface area contributed by atoms with Crippen molar-refractivity contribution in [3.63, 3.8) is 0 Å². The molecule has 0 saturated carbocycles. The maximum Gasteiger partial charge on any atom is 0.272 e. The number of aromatic nitrogens is 1. The van der Waals surface area contributed by atoms with Gasteiger partial charge in [0.1, 0.15) is 11.5 Å². The highest BCUT2D eigenvalue weighted by molar-refractivity contribution is 7.91. The first-order valence-corrected chi connectivity index (χ1v) is 10.2. The van der Waals surface area contributed by atoms with Crippen LogP contribution in [-0.2, 0) is 21.6 Å². The zero-order chi connectivity index (χ0) is 20.5. The fourth-order valence-electron chi connectivity index (χ4n) is 3.13. The van der Waals surface area contributed by atoms with E-state index in [0.717, 1.165) is 0 Å². The Morgan fingerprint density at radius 1 is 1.39 bits per heavy atom. The minimum atomic E-state index is -3.70. The van der Waals surface area contributed by atoms with Crippen molar-refractivity contribution in [2.24, 2.45) is 12.5 Å². The lowest BCUT2D eigenvalue weighted by molar-refractivity contribution is -0.0956. The summed E-state index contributed by atoms with van der Waals surface area (Å²) in [6, 6.07) is 7.50. The molecule has 9 heteroatoms. The van der Waals surface area contributed by atoms with E-state index in [0.29, 0.717) is 11.3 Å². The van der Waals surface area contributed by atoms with E-state index in [1.165, 1.54) is 35.0 Å². The Morgan fingerprint density at radius 3 is 2.68 bits per heavy atom. The summed E-state index contributed by atoms with van der Waals surface area (Å²) in [4.78, 5) is 12.6. The van der Waals surface area contributed by atoms with Crippen LogP contribution in [0.1, 0.15) is 22.5 Å². The van der Waals surface area contributed by atoms with E-state index in [-0.39, 0.29) is 41.8 Å². The van der Waals surface area contributed by atoms with Gasteiger partial charge in [-0.1, -0.05) is 0 Å². The second-order valence-corrected chi connectivity index (χ2v) is 9.17. The maximum absolute atomic E-state index is 13.4. The van der Waals surface area contributed by atoms with Crippen molar-refractivity contribution in [3.8, 4) is 6.07 Å². The number of hydrogen-bond acceptors (Lipinski definition) is 5. The van der Waals surface area contributed by atoms with E-state index >= 15 is 0 Å². The first kappa shape index (κ1) is 20.0. The standard InChI is InChI=1S/C19H20FN3O4S/c1-13-7-14(3-4-16(13)20)22-18(24)17-8-15(9-23(17)2)28(25,26)12-19(5-6-21)10-27-11-19/h3-4,7-9H,5,10-12H2,1-2H3,(H,22,24). The Labute approximate surface area is 162 Å². The summed E-state index contributed by atoms with van der Waals surface area (Å²) in [5.74, 6) is -1.10. The van der Waals surface area contributed by atoms with Gasteiger partial charge in [0.25, 0.3) is 5.91 Å². The first-order chi connectivity index (χ1) is 13.2. The minimum Gasteiger partial charge on any atom is -0.380 e. The van der Waals surface area contributed by atoms with Crippen molar-refractivity contribution >= 4 is 21.4 Å². The molecule has 1 fully saturated rings. The molecule has 148 valence electrons. The number of anilines is 1. The largest absolute Gasteiger partial charge is 0.380 e. The number of nitrogens with one attached hydrogen (secondary N) is 1. The van der Waals surface area contributed by atoms with Crippen LogP contribution in [0.3, 0.4) is 0 Å². The summed E-state index contributed by atoms with van der Waals surface area (Å²) in [5, 5.41) is 11.6. The van der Waals surface area contributed by atoms with Gasteiger partial charge in [-0.05, 0) is 36.8 Å². The van der Waals surface area contributed by atoms with Crippen LogP contribution in [-0.4, -0.2) is 37.9 Å². The highest BCUT2D eigenvalue weighted by Gasteiger charge is 2.43. The number of carbonyl (C=O) groups excluding carboxylic acids is 1. The second kappa shape index (κ2) is 7.37. The SMILES string of the molecule is Cc1cc(NC(=O)c2cc(S(=O)(=O)CC3(CC#N)COC3)cn2C)ccc1F. The van der Waals surface area contributed by atoms with Gasteiger partial charge in [0, 0.05) is 30.8 Å². The van der Waals surface area contributed by atoms with Gasteiger partial charge in [-0.2, -0.15) is 5.26 Å². The molecule has 28 heavy (non-hydrogen) atoms. The number of halogens is 1. The number of ether oxygens (including phenoxy) is 1. The van der Waals surface area contributed by atoms with E-state index < -0.39 is 21.2 Å². The van der Waals surface area contributed by atoms with E-state index in [1.807, 2.05) is 6.07 Å². The number of sulfone groups is 1. The average Bonchev–Trinajstić information content (AvgIpc) is 2.99. The molecular weight excluding hydrogens is 385 g/mol. The Hall–Kier alpha value is -2.70. The molecular formula is C19H20FN3O4S. The van der Waals surface area contributed by atoms with Crippen LogP contribution >= 0.6 is 0 Å². The molecule has 1 N–H and O–H groups in total. The van der Waals surface area contributed by atoms with E-state index in [4.69, 9.17) is 10.00 Å². The molecule has 1 aliphatic heterocycles. The van der Waals surface area contributed by atoms with Crippen molar-refractivity contribution in [1.29, 1.82) is 5.26 Å². The predicted octanol–water partition coefficient (Wildman–Crippen LogP) is 2.43. The van der Waals surface area contributed by atoms with Gasteiger partial charge in [-0.25, -0.2) is 12.8 Å². The van der Waals surface area contributed by atoms with E-state index in [1.54, 1.807) is 14.0 Å². The average molecular weight is 405 g/mol. The number of nitrogens with zero attached hydrogens (tertiary/aromatic N) is 2. The number of amides is 1. The number of hydrogen-bond donors (Lipinski definition) is 1. The summed E-state index contributed by atoms with van der Waals surface area (Å²) in [6.07, 6.45) is 1.47. The first-order valence-electron chi connectivity index (χ1n) is 8.57. The van der Waals surface area contributed by atoms with Crippen LogP contribution in [0.5, 0.6) is 0 Å². The molecule has 3 rings (SSSR count). The lowest BCUT2D eigenvalue weighted by Gasteiger charge is -2.39. The highest BCUT2D eigenvalue weighted by atomic mass is 32.2.